The third kappa shape index (κ3) is 2.76. The van der Waals surface area contributed by atoms with Crippen LogP contribution in [0.5, 0.6) is 0 Å². The van der Waals surface area contributed by atoms with Gasteiger partial charge in [-0.2, -0.15) is 18.1 Å². The molecule has 0 fully saturated rings. The summed E-state index contributed by atoms with van der Waals surface area (Å²) < 4.78 is 0. The minimum Gasteiger partial charge on any atom is -0.188 e. The maximum absolute atomic E-state index is 2.43. The van der Waals surface area contributed by atoms with Crippen LogP contribution in [-0.4, -0.2) is 0 Å². The maximum Gasteiger partial charge on any atom is 1.00 e. The predicted octanol–water partition coefficient (Wildman–Crippen LogP) is 2.86. The van der Waals surface area contributed by atoms with Crippen molar-refractivity contribution in [2.45, 2.75) is 40.0 Å². The molecule has 2 atom stereocenters. The molecule has 0 saturated heterocycles. The van der Waals surface area contributed by atoms with E-state index in [1.165, 1.54) is 16.7 Å². The molecule has 110 valence electrons. The quantitative estimate of drug-likeness (QED) is 0.579. The van der Waals surface area contributed by atoms with E-state index in [1.54, 1.807) is 5.57 Å². The second-order valence-electron chi connectivity index (χ2n) is 6.95. The Balaban J connectivity index is 0.00000176. The van der Waals surface area contributed by atoms with Crippen molar-refractivity contribution in [2.24, 2.45) is 11.3 Å². The van der Waals surface area contributed by atoms with Gasteiger partial charge < -0.3 is 0 Å². The molecule has 0 aromatic heterocycles. The predicted molar refractivity (Wildman–Crippen MR) is 91.0 cm³/mol. The summed E-state index contributed by atoms with van der Waals surface area (Å²) in [7, 11) is 0. The Kier molecular flexibility index (Phi) is 5.16. The standard InChI is InChI=1S/C21H25.Li/c1-15(2)21(4)14-8-11-17-13-12-16(3)19(17)20(21)18-9-6-5-7-10-18;/h5-11,13-15,20H,12H2,1-4H3;/q-1;+1. The molecule has 0 aliphatic heterocycles. The summed E-state index contributed by atoms with van der Waals surface area (Å²) in [5.74, 6) is 1.04. The smallest absolute Gasteiger partial charge is 0.188 e. The van der Waals surface area contributed by atoms with Crippen LogP contribution in [0.25, 0.3) is 0 Å². The molecular formula is C21H25Li. The van der Waals surface area contributed by atoms with Crippen molar-refractivity contribution in [3.05, 3.63) is 77.3 Å². The van der Waals surface area contributed by atoms with Crippen LogP contribution in [0.2, 0.25) is 0 Å². The molecule has 1 aromatic rings. The Hall–Kier alpha value is -1.09. The van der Waals surface area contributed by atoms with Crippen LogP contribution in [0.3, 0.4) is 0 Å². The van der Waals surface area contributed by atoms with Crippen molar-refractivity contribution in [3.8, 4) is 0 Å². The summed E-state index contributed by atoms with van der Waals surface area (Å²) in [4.78, 5) is 0. The molecule has 2 aliphatic rings. The maximum atomic E-state index is 2.43. The van der Waals surface area contributed by atoms with Gasteiger partial charge in [0, 0.05) is 0 Å². The minimum absolute atomic E-state index is 0. The van der Waals surface area contributed by atoms with Crippen molar-refractivity contribution in [3.63, 3.8) is 0 Å². The van der Waals surface area contributed by atoms with Crippen molar-refractivity contribution in [2.75, 3.05) is 0 Å². The molecule has 1 heteroatoms. The minimum atomic E-state index is 0. The summed E-state index contributed by atoms with van der Waals surface area (Å²) in [6.45, 7) is 9.41. The monoisotopic (exact) mass is 284 g/mol. The topological polar surface area (TPSA) is 0 Å². The molecule has 0 spiro atoms. The van der Waals surface area contributed by atoms with E-state index in [4.69, 9.17) is 0 Å². The van der Waals surface area contributed by atoms with Crippen molar-refractivity contribution in [1.29, 1.82) is 0 Å². The van der Waals surface area contributed by atoms with Crippen LogP contribution in [0.1, 0.15) is 45.6 Å². The van der Waals surface area contributed by atoms with Crippen LogP contribution < -0.4 is 18.9 Å². The van der Waals surface area contributed by atoms with E-state index < -0.39 is 0 Å². The Morgan fingerprint density at radius 3 is 2.50 bits per heavy atom. The summed E-state index contributed by atoms with van der Waals surface area (Å²) in [6, 6.07) is 11.0. The van der Waals surface area contributed by atoms with E-state index in [1.807, 2.05) is 0 Å². The second-order valence-corrected chi connectivity index (χ2v) is 6.95. The van der Waals surface area contributed by atoms with E-state index in [2.05, 4.69) is 82.7 Å². The van der Waals surface area contributed by atoms with E-state index in [0.29, 0.717) is 11.8 Å². The molecule has 0 heterocycles. The first kappa shape index (κ1) is 17.3. The van der Waals surface area contributed by atoms with Crippen LogP contribution in [0, 0.1) is 17.8 Å². The fourth-order valence-electron chi connectivity index (χ4n) is 3.76. The van der Waals surface area contributed by atoms with Gasteiger partial charge in [0.2, 0.25) is 0 Å². The van der Waals surface area contributed by atoms with Crippen LogP contribution in [0.4, 0.5) is 0 Å². The van der Waals surface area contributed by atoms with E-state index in [9.17, 15) is 0 Å². The Labute approximate surface area is 147 Å². The number of rotatable bonds is 2. The summed E-state index contributed by atoms with van der Waals surface area (Å²) in [5.41, 5.74) is 6.11. The van der Waals surface area contributed by atoms with E-state index in [0.717, 1.165) is 6.42 Å². The third-order valence-corrected chi connectivity index (χ3v) is 5.42. The second kappa shape index (κ2) is 6.57. The van der Waals surface area contributed by atoms with Gasteiger partial charge in [0.05, 0.1) is 0 Å². The molecule has 0 radical (unpaired) electrons. The number of hydrogen-bond acceptors (Lipinski definition) is 0. The van der Waals surface area contributed by atoms with Gasteiger partial charge in [0.1, 0.15) is 0 Å². The average molecular weight is 284 g/mol. The SMILES string of the molecule is CC1=C2C(=CC=CC(C)(C(C)C)C2c2ccccc2)[CH-]C1.[Li+]. The molecule has 0 nitrogen and oxygen atoms in total. The van der Waals surface area contributed by atoms with E-state index >= 15 is 0 Å². The normalized spacial score (nSPS) is 27.0. The first-order chi connectivity index (χ1) is 10.0. The van der Waals surface area contributed by atoms with Crippen molar-refractivity contribution < 1.29 is 18.9 Å². The first-order valence-electron chi connectivity index (χ1n) is 8.01. The van der Waals surface area contributed by atoms with Crippen molar-refractivity contribution >= 4 is 0 Å². The summed E-state index contributed by atoms with van der Waals surface area (Å²) in [6.07, 6.45) is 10.5. The van der Waals surface area contributed by atoms with Crippen molar-refractivity contribution in [1.82, 2.24) is 0 Å². The Morgan fingerprint density at radius 2 is 1.86 bits per heavy atom. The van der Waals surface area contributed by atoms with Gasteiger partial charge >= 0.3 is 18.9 Å². The fourth-order valence-corrected chi connectivity index (χ4v) is 3.76. The molecular weight excluding hydrogens is 259 g/mol. The molecule has 22 heavy (non-hydrogen) atoms. The first-order valence-corrected chi connectivity index (χ1v) is 8.01. The van der Waals surface area contributed by atoms with Crippen LogP contribution >= 0.6 is 0 Å². The summed E-state index contributed by atoms with van der Waals surface area (Å²) >= 11 is 0. The Morgan fingerprint density at radius 1 is 1.18 bits per heavy atom. The van der Waals surface area contributed by atoms with Gasteiger partial charge in [-0.25, -0.2) is 0 Å². The largest absolute Gasteiger partial charge is 1.00 e. The number of fused-ring (bicyclic) bond motifs is 1. The zero-order chi connectivity index (χ0) is 15.0. The van der Waals surface area contributed by atoms with E-state index in [-0.39, 0.29) is 24.3 Å². The third-order valence-electron chi connectivity index (χ3n) is 5.42. The number of benzene rings is 1. The van der Waals surface area contributed by atoms with Gasteiger partial charge in [-0.15, -0.1) is 17.2 Å². The average Bonchev–Trinajstić information content (AvgIpc) is 2.74. The molecule has 1 aromatic carbocycles. The van der Waals surface area contributed by atoms with Crippen LogP contribution in [0.15, 0.2) is 65.3 Å². The fraction of sp³-hybridized carbons (Fsp3) is 0.381. The number of allylic oxidation sites excluding steroid dienone is 6. The zero-order valence-corrected chi connectivity index (χ0v) is 14.6. The zero-order valence-electron chi connectivity index (χ0n) is 14.6. The Bertz CT molecular complexity index is 619. The van der Waals surface area contributed by atoms with Crippen LogP contribution in [-0.2, 0) is 0 Å². The summed E-state index contributed by atoms with van der Waals surface area (Å²) in [5, 5.41) is 0. The molecule has 0 bridgehead atoms. The van der Waals surface area contributed by atoms with Gasteiger partial charge in [0.25, 0.3) is 0 Å². The van der Waals surface area contributed by atoms with Gasteiger partial charge in [0.15, 0.2) is 0 Å². The molecule has 0 saturated carbocycles. The molecule has 0 N–H and O–H groups in total. The number of hydrogen-bond donors (Lipinski definition) is 0. The molecule has 0 amide bonds. The molecule has 2 unspecified atom stereocenters. The van der Waals surface area contributed by atoms with Gasteiger partial charge in [-0.3, -0.25) is 0 Å². The molecule has 2 aliphatic carbocycles. The molecule has 3 rings (SSSR count). The van der Waals surface area contributed by atoms with Gasteiger partial charge in [-0.05, 0) is 17.3 Å². The van der Waals surface area contributed by atoms with Gasteiger partial charge in [-0.1, -0.05) is 76.1 Å².